The number of hydrogen-bond donors (Lipinski definition) is 2. The number of carbonyl (C=O) groups excluding carboxylic acids is 1. The van der Waals surface area contributed by atoms with Gasteiger partial charge in [0.1, 0.15) is 12.0 Å². The van der Waals surface area contributed by atoms with E-state index in [4.69, 9.17) is 9.15 Å². The summed E-state index contributed by atoms with van der Waals surface area (Å²) in [4.78, 5) is 20.8. The molecular formula is C19H23N3O4S. The van der Waals surface area contributed by atoms with Crippen LogP contribution in [0.1, 0.15) is 41.7 Å². The lowest BCUT2D eigenvalue weighted by atomic mass is 10.0. The Morgan fingerprint density at radius 3 is 2.93 bits per heavy atom. The van der Waals surface area contributed by atoms with Gasteiger partial charge in [0.25, 0.3) is 5.91 Å². The average molecular weight is 389 g/mol. The number of fused-ring (bicyclic) bond motifs is 1. The van der Waals surface area contributed by atoms with E-state index in [9.17, 15) is 9.90 Å². The highest BCUT2D eigenvalue weighted by atomic mass is 32.1. The van der Waals surface area contributed by atoms with Crippen molar-refractivity contribution in [1.82, 2.24) is 15.3 Å². The number of aryl methyl sites for hydroxylation is 1. The highest BCUT2D eigenvalue weighted by Gasteiger charge is 2.18. The lowest BCUT2D eigenvalue weighted by molar-refractivity contribution is 0.0903. The molecule has 0 bridgehead atoms. The van der Waals surface area contributed by atoms with Gasteiger partial charge in [0.15, 0.2) is 12.3 Å². The number of nitrogens with zero attached hydrogens (tertiary/aromatic N) is 2. The highest BCUT2D eigenvalue weighted by molar-refractivity contribution is 7.18. The van der Waals surface area contributed by atoms with Gasteiger partial charge in [0, 0.05) is 6.07 Å². The molecule has 0 aliphatic rings. The zero-order chi connectivity index (χ0) is 19.4. The fourth-order valence-electron chi connectivity index (χ4n) is 2.75. The van der Waals surface area contributed by atoms with Crippen LogP contribution in [0, 0.1) is 12.8 Å². The summed E-state index contributed by atoms with van der Waals surface area (Å²) >= 11 is 1.63. The summed E-state index contributed by atoms with van der Waals surface area (Å²) in [5, 5.41) is 13.1. The standard InChI is InChI=1S/C19H23N3O4S/c1-11(2)6-13(8-23)21-19(24)16-9-26-18(22-16)10-25-14-4-5-17-15(7-14)20-12(3)27-17/h4-5,7,9,11,13,23H,6,8,10H2,1-3H3,(H,21,24)/t13-/m0/s1. The monoisotopic (exact) mass is 389 g/mol. The first kappa shape index (κ1) is 19.3. The minimum atomic E-state index is -0.371. The van der Waals surface area contributed by atoms with Gasteiger partial charge in [0.2, 0.25) is 5.89 Å². The van der Waals surface area contributed by atoms with Gasteiger partial charge < -0.3 is 19.6 Å². The summed E-state index contributed by atoms with van der Waals surface area (Å²) in [6, 6.07) is 5.40. The van der Waals surface area contributed by atoms with Crippen molar-refractivity contribution >= 4 is 27.5 Å². The molecule has 27 heavy (non-hydrogen) atoms. The zero-order valence-corrected chi connectivity index (χ0v) is 16.4. The Kier molecular flexibility index (Phi) is 6.08. The van der Waals surface area contributed by atoms with Crippen LogP contribution in [0.25, 0.3) is 10.2 Å². The molecule has 3 aromatic rings. The molecule has 0 unspecified atom stereocenters. The maximum Gasteiger partial charge on any atom is 0.273 e. The van der Waals surface area contributed by atoms with Crippen LogP contribution in [0.4, 0.5) is 0 Å². The second-order valence-corrected chi connectivity index (χ2v) is 7.99. The fraction of sp³-hybridized carbons (Fsp3) is 0.421. The van der Waals surface area contributed by atoms with Crippen LogP contribution in [0.2, 0.25) is 0 Å². The number of benzene rings is 1. The van der Waals surface area contributed by atoms with Crippen LogP contribution in [0.3, 0.4) is 0 Å². The van der Waals surface area contributed by atoms with Crippen LogP contribution in [-0.2, 0) is 6.61 Å². The number of thiazole rings is 1. The first-order valence-electron chi connectivity index (χ1n) is 8.80. The number of nitrogens with one attached hydrogen (secondary N) is 1. The van der Waals surface area contributed by atoms with Gasteiger partial charge in [-0.2, -0.15) is 0 Å². The van der Waals surface area contributed by atoms with Gasteiger partial charge in [-0.15, -0.1) is 11.3 Å². The number of aliphatic hydroxyl groups excluding tert-OH is 1. The van der Waals surface area contributed by atoms with Crippen molar-refractivity contribution in [2.75, 3.05) is 6.61 Å². The second-order valence-electron chi connectivity index (χ2n) is 6.76. The summed E-state index contributed by atoms with van der Waals surface area (Å²) in [6.45, 7) is 6.02. The average Bonchev–Trinajstić information content (AvgIpc) is 3.23. The Morgan fingerprint density at radius 2 is 2.19 bits per heavy atom. The predicted molar refractivity (Wildman–Crippen MR) is 103 cm³/mol. The van der Waals surface area contributed by atoms with Crippen LogP contribution in [0.5, 0.6) is 5.75 Å². The van der Waals surface area contributed by atoms with Gasteiger partial charge >= 0.3 is 0 Å². The number of carbonyl (C=O) groups is 1. The zero-order valence-electron chi connectivity index (χ0n) is 15.6. The molecule has 3 rings (SSSR count). The molecule has 2 aromatic heterocycles. The van der Waals surface area contributed by atoms with E-state index in [-0.39, 0.29) is 30.9 Å². The maximum atomic E-state index is 12.2. The summed E-state index contributed by atoms with van der Waals surface area (Å²) < 4.78 is 12.1. The lowest BCUT2D eigenvalue weighted by Gasteiger charge is -2.17. The molecule has 1 atom stereocenters. The van der Waals surface area contributed by atoms with Crippen LogP contribution < -0.4 is 10.1 Å². The summed E-state index contributed by atoms with van der Waals surface area (Å²) in [5.41, 5.74) is 1.06. The second kappa shape index (κ2) is 8.49. The van der Waals surface area contributed by atoms with E-state index in [1.54, 1.807) is 11.3 Å². The SMILES string of the molecule is Cc1nc2cc(OCc3nc(C(=O)N[C@H](CO)CC(C)C)co3)ccc2s1. The van der Waals surface area contributed by atoms with E-state index in [0.717, 1.165) is 15.2 Å². The van der Waals surface area contributed by atoms with Crippen LogP contribution in [-0.4, -0.2) is 33.6 Å². The van der Waals surface area contributed by atoms with Crippen molar-refractivity contribution in [3.63, 3.8) is 0 Å². The molecule has 1 aromatic carbocycles. The number of hydrogen-bond acceptors (Lipinski definition) is 7. The van der Waals surface area contributed by atoms with E-state index < -0.39 is 0 Å². The van der Waals surface area contributed by atoms with E-state index in [1.807, 2.05) is 39.0 Å². The molecule has 0 saturated carbocycles. The molecule has 8 heteroatoms. The number of rotatable bonds is 8. The summed E-state index contributed by atoms with van der Waals surface area (Å²) in [7, 11) is 0. The predicted octanol–water partition coefficient (Wildman–Crippen LogP) is 3.31. The van der Waals surface area contributed by atoms with Crippen molar-refractivity contribution in [3.8, 4) is 5.75 Å². The van der Waals surface area contributed by atoms with Crippen molar-refractivity contribution < 1.29 is 19.1 Å². The first-order chi connectivity index (χ1) is 12.9. The Morgan fingerprint density at radius 1 is 1.37 bits per heavy atom. The van der Waals surface area contributed by atoms with Crippen LogP contribution >= 0.6 is 11.3 Å². The largest absolute Gasteiger partial charge is 0.484 e. The van der Waals surface area contributed by atoms with Crippen LogP contribution in [0.15, 0.2) is 28.9 Å². The van der Waals surface area contributed by atoms with E-state index in [2.05, 4.69) is 15.3 Å². The molecule has 144 valence electrons. The molecule has 0 fully saturated rings. The quantitative estimate of drug-likeness (QED) is 0.613. The van der Waals surface area contributed by atoms with Gasteiger partial charge in [-0.05, 0) is 31.4 Å². The van der Waals surface area contributed by atoms with Crippen molar-refractivity contribution in [3.05, 3.63) is 41.1 Å². The van der Waals surface area contributed by atoms with Crippen molar-refractivity contribution in [2.24, 2.45) is 5.92 Å². The Bertz CT molecular complexity index is 919. The molecule has 7 nitrogen and oxygen atoms in total. The summed E-state index contributed by atoms with van der Waals surface area (Å²) in [6.07, 6.45) is 1.99. The topological polar surface area (TPSA) is 97.5 Å². The summed E-state index contributed by atoms with van der Waals surface area (Å²) in [5.74, 6) is 0.958. The lowest BCUT2D eigenvalue weighted by Crippen LogP contribution is -2.38. The normalized spacial score (nSPS) is 12.5. The molecule has 0 saturated heterocycles. The van der Waals surface area contributed by atoms with Gasteiger partial charge in [0.05, 0.1) is 27.9 Å². The van der Waals surface area contributed by atoms with E-state index in [0.29, 0.717) is 24.0 Å². The number of aliphatic hydroxyl groups is 1. The number of amides is 1. The smallest absolute Gasteiger partial charge is 0.273 e. The van der Waals surface area contributed by atoms with E-state index in [1.165, 1.54) is 6.26 Å². The third-order valence-corrected chi connectivity index (χ3v) is 4.88. The first-order valence-corrected chi connectivity index (χ1v) is 9.62. The van der Waals surface area contributed by atoms with Gasteiger partial charge in [-0.1, -0.05) is 13.8 Å². The van der Waals surface area contributed by atoms with Crippen molar-refractivity contribution in [2.45, 2.75) is 39.8 Å². The Hall–Kier alpha value is -2.45. The minimum absolute atomic E-state index is 0.108. The third kappa shape index (κ3) is 5.05. The molecule has 2 N–H and O–H groups in total. The Labute approximate surface area is 161 Å². The number of oxazole rings is 1. The van der Waals surface area contributed by atoms with Gasteiger partial charge in [-0.25, -0.2) is 9.97 Å². The maximum absolute atomic E-state index is 12.2. The third-order valence-electron chi connectivity index (χ3n) is 3.92. The number of aromatic nitrogens is 2. The molecule has 0 aliphatic carbocycles. The molecule has 1 amide bonds. The van der Waals surface area contributed by atoms with Crippen molar-refractivity contribution in [1.29, 1.82) is 0 Å². The minimum Gasteiger partial charge on any atom is -0.484 e. The Balaban J connectivity index is 1.58. The molecule has 0 spiro atoms. The fourth-order valence-corrected chi connectivity index (χ4v) is 3.55. The molecular weight excluding hydrogens is 366 g/mol. The molecule has 2 heterocycles. The number of ether oxygens (including phenoxy) is 1. The van der Waals surface area contributed by atoms with E-state index >= 15 is 0 Å². The molecule has 0 radical (unpaired) electrons. The molecule has 0 aliphatic heterocycles. The van der Waals surface area contributed by atoms with Gasteiger partial charge in [-0.3, -0.25) is 4.79 Å². The highest BCUT2D eigenvalue weighted by Crippen LogP contribution is 2.26.